The number of halogens is 1. The number of hydrogen-bond donors (Lipinski definition) is 2. The minimum atomic E-state index is -0.723. The number of hydrogen-bond acceptors (Lipinski definition) is 4. The zero-order valence-electron chi connectivity index (χ0n) is 10.9. The van der Waals surface area contributed by atoms with Gasteiger partial charge in [0.1, 0.15) is 5.58 Å². The average Bonchev–Trinajstić information content (AvgIpc) is 3.12. The molecule has 1 unspecified atom stereocenters. The Balaban J connectivity index is 1.69. The molecular formula is C15H12ClNO3S. The van der Waals surface area contributed by atoms with Crippen molar-refractivity contribution in [3.05, 3.63) is 57.4 Å². The van der Waals surface area contributed by atoms with Gasteiger partial charge in [0.25, 0.3) is 5.91 Å². The molecule has 0 bridgehead atoms. The molecule has 0 saturated heterocycles. The van der Waals surface area contributed by atoms with Crippen LogP contribution in [-0.2, 0) is 0 Å². The van der Waals surface area contributed by atoms with E-state index >= 15 is 0 Å². The van der Waals surface area contributed by atoms with Crippen LogP contribution in [0.3, 0.4) is 0 Å². The maximum absolute atomic E-state index is 12.0. The molecule has 0 radical (unpaired) electrons. The highest BCUT2D eigenvalue weighted by Crippen LogP contribution is 2.23. The average molecular weight is 322 g/mol. The topological polar surface area (TPSA) is 62.5 Å². The van der Waals surface area contributed by atoms with Crippen LogP contribution in [0.1, 0.15) is 22.2 Å². The Morgan fingerprint density at radius 1 is 1.38 bits per heavy atom. The quantitative estimate of drug-likeness (QED) is 0.771. The van der Waals surface area contributed by atoms with E-state index in [9.17, 15) is 9.90 Å². The number of thiophene rings is 1. The van der Waals surface area contributed by atoms with Gasteiger partial charge in [-0.15, -0.1) is 0 Å². The van der Waals surface area contributed by atoms with E-state index in [-0.39, 0.29) is 18.2 Å². The second-order valence-electron chi connectivity index (χ2n) is 4.58. The van der Waals surface area contributed by atoms with Gasteiger partial charge in [-0.25, -0.2) is 0 Å². The van der Waals surface area contributed by atoms with Gasteiger partial charge in [0.05, 0.1) is 6.10 Å². The van der Waals surface area contributed by atoms with E-state index in [0.29, 0.717) is 10.6 Å². The fourth-order valence-corrected chi connectivity index (χ4v) is 2.87. The van der Waals surface area contributed by atoms with Crippen LogP contribution in [0, 0.1) is 0 Å². The van der Waals surface area contributed by atoms with Gasteiger partial charge in [-0.05, 0) is 46.7 Å². The molecule has 3 aromatic rings. The number of benzene rings is 1. The molecule has 0 saturated carbocycles. The molecule has 0 aliphatic heterocycles. The molecule has 0 spiro atoms. The summed E-state index contributed by atoms with van der Waals surface area (Å²) >= 11 is 7.39. The molecule has 4 nitrogen and oxygen atoms in total. The monoisotopic (exact) mass is 321 g/mol. The standard InChI is InChI=1S/C15H12ClNO3S/c16-11-1-2-13-10(5-11)6-14(20-13)15(19)17-7-12(18)9-3-4-21-8-9/h1-6,8,12,18H,7H2,(H,17,19). The normalized spacial score (nSPS) is 12.5. The van der Waals surface area contributed by atoms with Crippen molar-refractivity contribution in [3.8, 4) is 0 Å². The van der Waals surface area contributed by atoms with Crippen molar-refractivity contribution >= 4 is 39.8 Å². The Morgan fingerprint density at radius 2 is 2.24 bits per heavy atom. The second kappa shape index (κ2) is 5.89. The fourth-order valence-electron chi connectivity index (χ4n) is 1.99. The van der Waals surface area contributed by atoms with E-state index in [2.05, 4.69) is 5.32 Å². The fraction of sp³-hybridized carbons (Fsp3) is 0.133. The van der Waals surface area contributed by atoms with Crippen molar-refractivity contribution in [1.29, 1.82) is 0 Å². The minimum Gasteiger partial charge on any atom is -0.451 e. The van der Waals surface area contributed by atoms with Crippen LogP contribution < -0.4 is 5.32 Å². The predicted octanol–water partition coefficient (Wildman–Crippen LogP) is 3.61. The summed E-state index contributed by atoms with van der Waals surface area (Å²) in [5.74, 6) is -0.165. The first-order chi connectivity index (χ1) is 10.1. The molecule has 0 aliphatic carbocycles. The summed E-state index contributed by atoms with van der Waals surface area (Å²) in [5.41, 5.74) is 1.39. The Bertz CT molecular complexity index is 766. The van der Waals surface area contributed by atoms with Crippen molar-refractivity contribution in [2.24, 2.45) is 0 Å². The highest BCUT2D eigenvalue weighted by atomic mass is 35.5. The molecular weight excluding hydrogens is 310 g/mol. The minimum absolute atomic E-state index is 0.132. The van der Waals surface area contributed by atoms with E-state index in [1.807, 2.05) is 16.8 Å². The van der Waals surface area contributed by atoms with Crippen LogP contribution in [0.15, 0.2) is 45.5 Å². The van der Waals surface area contributed by atoms with E-state index in [4.69, 9.17) is 16.0 Å². The zero-order chi connectivity index (χ0) is 14.8. The summed E-state index contributed by atoms with van der Waals surface area (Å²) in [6.45, 7) is 0.132. The summed E-state index contributed by atoms with van der Waals surface area (Å²) in [6, 6.07) is 8.61. The lowest BCUT2D eigenvalue weighted by atomic mass is 10.2. The van der Waals surface area contributed by atoms with Crippen molar-refractivity contribution in [2.75, 3.05) is 6.54 Å². The number of amides is 1. The van der Waals surface area contributed by atoms with Crippen LogP contribution in [-0.4, -0.2) is 17.6 Å². The molecule has 2 aromatic heterocycles. The molecule has 1 aromatic carbocycles. The van der Waals surface area contributed by atoms with Gasteiger partial charge >= 0.3 is 0 Å². The third kappa shape index (κ3) is 3.10. The van der Waals surface area contributed by atoms with E-state index < -0.39 is 6.10 Å². The van der Waals surface area contributed by atoms with E-state index in [1.165, 1.54) is 11.3 Å². The highest BCUT2D eigenvalue weighted by molar-refractivity contribution is 7.07. The van der Waals surface area contributed by atoms with Gasteiger partial charge in [-0.3, -0.25) is 4.79 Å². The summed E-state index contributed by atoms with van der Waals surface area (Å²) < 4.78 is 5.46. The van der Waals surface area contributed by atoms with Crippen LogP contribution in [0.4, 0.5) is 0 Å². The lowest BCUT2D eigenvalue weighted by molar-refractivity contribution is 0.0891. The van der Waals surface area contributed by atoms with Crippen molar-refractivity contribution < 1.29 is 14.3 Å². The van der Waals surface area contributed by atoms with Crippen LogP contribution in [0.2, 0.25) is 5.02 Å². The third-order valence-corrected chi connectivity index (χ3v) is 4.02. The number of aliphatic hydroxyl groups excluding tert-OH is 1. The molecule has 1 amide bonds. The number of aliphatic hydroxyl groups is 1. The Hall–Kier alpha value is -1.82. The maximum Gasteiger partial charge on any atom is 0.287 e. The summed E-state index contributed by atoms with van der Waals surface area (Å²) in [6.07, 6.45) is -0.723. The largest absolute Gasteiger partial charge is 0.451 e. The molecule has 108 valence electrons. The van der Waals surface area contributed by atoms with Crippen LogP contribution in [0.25, 0.3) is 11.0 Å². The van der Waals surface area contributed by atoms with Gasteiger partial charge in [-0.1, -0.05) is 11.6 Å². The van der Waals surface area contributed by atoms with Crippen molar-refractivity contribution in [1.82, 2.24) is 5.32 Å². The number of carbonyl (C=O) groups excluding carboxylic acids is 1. The summed E-state index contributed by atoms with van der Waals surface area (Å²) in [4.78, 5) is 12.0. The first-order valence-electron chi connectivity index (χ1n) is 6.31. The molecule has 3 rings (SSSR count). The van der Waals surface area contributed by atoms with Crippen molar-refractivity contribution in [3.63, 3.8) is 0 Å². The van der Waals surface area contributed by atoms with Gasteiger partial charge in [0.2, 0.25) is 0 Å². The van der Waals surface area contributed by atoms with Crippen molar-refractivity contribution in [2.45, 2.75) is 6.10 Å². The lowest BCUT2D eigenvalue weighted by Crippen LogP contribution is -2.27. The first kappa shape index (κ1) is 14.1. The molecule has 2 N–H and O–H groups in total. The second-order valence-corrected chi connectivity index (χ2v) is 5.79. The van der Waals surface area contributed by atoms with E-state index in [0.717, 1.165) is 10.9 Å². The van der Waals surface area contributed by atoms with Crippen LogP contribution in [0.5, 0.6) is 0 Å². The number of carbonyl (C=O) groups is 1. The smallest absolute Gasteiger partial charge is 0.287 e. The van der Waals surface area contributed by atoms with E-state index in [1.54, 1.807) is 24.3 Å². The summed E-state index contributed by atoms with van der Waals surface area (Å²) in [7, 11) is 0. The highest BCUT2D eigenvalue weighted by Gasteiger charge is 2.15. The Kier molecular flexibility index (Phi) is 3.96. The summed E-state index contributed by atoms with van der Waals surface area (Å²) in [5, 5.41) is 17.7. The number of fused-ring (bicyclic) bond motifs is 1. The van der Waals surface area contributed by atoms with Gasteiger partial charge in [0, 0.05) is 17.0 Å². The van der Waals surface area contributed by atoms with Gasteiger partial charge in [-0.2, -0.15) is 11.3 Å². The van der Waals surface area contributed by atoms with Crippen LogP contribution >= 0.6 is 22.9 Å². The molecule has 0 fully saturated rings. The molecule has 1 atom stereocenters. The Morgan fingerprint density at radius 3 is 3.00 bits per heavy atom. The molecule has 2 heterocycles. The molecule has 0 aliphatic rings. The lowest BCUT2D eigenvalue weighted by Gasteiger charge is -2.09. The SMILES string of the molecule is O=C(NCC(O)c1ccsc1)c1cc2cc(Cl)ccc2o1. The number of nitrogens with one attached hydrogen (secondary N) is 1. The first-order valence-corrected chi connectivity index (χ1v) is 7.63. The number of rotatable bonds is 4. The molecule has 21 heavy (non-hydrogen) atoms. The number of furan rings is 1. The van der Waals surface area contributed by atoms with Gasteiger partial charge in [0.15, 0.2) is 5.76 Å². The zero-order valence-corrected chi connectivity index (χ0v) is 12.4. The maximum atomic E-state index is 12.0. The van der Waals surface area contributed by atoms with Gasteiger partial charge < -0.3 is 14.8 Å². The third-order valence-electron chi connectivity index (χ3n) is 3.09. The Labute approximate surface area is 130 Å². The predicted molar refractivity (Wildman–Crippen MR) is 82.8 cm³/mol. The molecule has 6 heteroatoms.